The first-order valence-corrected chi connectivity index (χ1v) is 8.94. The van der Waals surface area contributed by atoms with Crippen LogP contribution in [0.25, 0.3) is 0 Å². The van der Waals surface area contributed by atoms with E-state index in [1.54, 1.807) is 72.8 Å². The maximum atomic E-state index is 12.1. The van der Waals surface area contributed by atoms with Gasteiger partial charge < -0.3 is 4.74 Å². The number of nitrogens with one attached hydrogen (secondary N) is 1. The van der Waals surface area contributed by atoms with Gasteiger partial charge in [0.15, 0.2) is 0 Å². The van der Waals surface area contributed by atoms with Gasteiger partial charge in [0.05, 0.1) is 16.8 Å². The van der Waals surface area contributed by atoms with Crippen LogP contribution < -0.4 is 10.2 Å². The number of halogens is 2. The third kappa shape index (κ3) is 5.19. The zero-order valence-corrected chi connectivity index (χ0v) is 15.9. The molecule has 1 amide bonds. The molecule has 7 heteroatoms. The van der Waals surface area contributed by atoms with Crippen LogP contribution >= 0.6 is 23.2 Å². The number of ether oxygens (including phenoxy) is 1. The van der Waals surface area contributed by atoms with Gasteiger partial charge in [-0.2, -0.15) is 5.10 Å². The van der Waals surface area contributed by atoms with Crippen molar-refractivity contribution in [2.75, 3.05) is 0 Å². The van der Waals surface area contributed by atoms with Crippen LogP contribution in [0.2, 0.25) is 10.0 Å². The molecule has 0 unspecified atom stereocenters. The number of nitrogens with zero attached hydrogens (tertiary/aromatic N) is 1. The second-order valence-corrected chi connectivity index (χ2v) is 6.49. The lowest BCUT2D eigenvalue weighted by Crippen LogP contribution is -2.17. The minimum atomic E-state index is -0.541. The molecule has 140 valence electrons. The Morgan fingerprint density at radius 3 is 2.39 bits per heavy atom. The maximum absolute atomic E-state index is 12.1. The van der Waals surface area contributed by atoms with Crippen LogP contribution in [0.5, 0.6) is 5.75 Å². The molecule has 0 saturated carbocycles. The fraction of sp³-hybridized carbons (Fsp3) is 0. The number of carbonyl (C=O) groups is 2. The van der Waals surface area contributed by atoms with Crippen molar-refractivity contribution in [2.24, 2.45) is 5.10 Å². The molecule has 0 radical (unpaired) electrons. The molecule has 0 aromatic heterocycles. The molecule has 3 aromatic carbocycles. The highest BCUT2D eigenvalue weighted by Crippen LogP contribution is 2.19. The summed E-state index contributed by atoms with van der Waals surface area (Å²) in [6, 6.07) is 19.8. The third-order valence-corrected chi connectivity index (χ3v) is 4.22. The van der Waals surface area contributed by atoms with Gasteiger partial charge >= 0.3 is 5.97 Å². The Hall–Kier alpha value is -3.15. The number of carbonyl (C=O) groups excluding carboxylic acids is 2. The summed E-state index contributed by atoms with van der Waals surface area (Å²) < 4.78 is 5.30. The van der Waals surface area contributed by atoms with Gasteiger partial charge in [-0.1, -0.05) is 41.4 Å². The van der Waals surface area contributed by atoms with Crippen molar-refractivity contribution >= 4 is 41.3 Å². The van der Waals surface area contributed by atoms with E-state index in [4.69, 9.17) is 27.9 Å². The van der Waals surface area contributed by atoms with E-state index in [0.717, 1.165) is 0 Å². The monoisotopic (exact) mass is 412 g/mol. The summed E-state index contributed by atoms with van der Waals surface area (Å²) in [5.74, 6) is -0.546. The Kier molecular flexibility index (Phi) is 6.42. The molecule has 0 atom stereocenters. The highest BCUT2D eigenvalue weighted by atomic mass is 35.5. The topological polar surface area (TPSA) is 67.8 Å². The van der Waals surface area contributed by atoms with E-state index in [0.29, 0.717) is 32.5 Å². The van der Waals surface area contributed by atoms with Crippen LogP contribution in [-0.2, 0) is 0 Å². The molecule has 0 fully saturated rings. The number of hydrazone groups is 1. The predicted octanol–water partition coefficient (Wildman–Crippen LogP) is 4.98. The molecule has 28 heavy (non-hydrogen) atoms. The summed E-state index contributed by atoms with van der Waals surface area (Å²) in [4.78, 5) is 24.1. The van der Waals surface area contributed by atoms with Gasteiger partial charge in [0.1, 0.15) is 5.75 Å². The van der Waals surface area contributed by atoms with Crippen molar-refractivity contribution in [3.63, 3.8) is 0 Å². The molecule has 0 heterocycles. The van der Waals surface area contributed by atoms with E-state index in [2.05, 4.69) is 10.5 Å². The minimum absolute atomic E-state index is 0.290. The normalized spacial score (nSPS) is 10.6. The van der Waals surface area contributed by atoms with Crippen LogP contribution in [0.15, 0.2) is 77.9 Å². The number of rotatable bonds is 5. The second-order valence-electron chi connectivity index (χ2n) is 5.65. The highest BCUT2D eigenvalue weighted by Gasteiger charge is 2.12. The fourth-order valence-corrected chi connectivity index (χ4v) is 2.67. The van der Waals surface area contributed by atoms with Gasteiger partial charge in [-0.05, 0) is 60.2 Å². The van der Waals surface area contributed by atoms with Crippen LogP contribution in [0.4, 0.5) is 0 Å². The predicted molar refractivity (Wildman–Crippen MR) is 109 cm³/mol. The SMILES string of the molecule is O=C(NN=Cc1ccc(OC(=O)c2ccccc2Cl)cc1)c1cccc(Cl)c1. The first-order chi connectivity index (χ1) is 13.5. The summed E-state index contributed by atoms with van der Waals surface area (Å²) in [6.45, 7) is 0. The molecule has 1 N–H and O–H groups in total. The van der Waals surface area contributed by atoms with Crippen LogP contribution in [0.3, 0.4) is 0 Å². The average Bonchev–Trinajstić information content (AvgIpc) is 2.69. The van der Waals surface area contributed by atoms with E-state index < -0.39 is 5.97 Å². The number of esters is 1. The van der Waals surface area contributed by atoms with Gasteiger partial charge in [0.2, 0.25) is 0 Å². The molecular formula is C21H14Cl2N2O3. The Morgan fingerprint density at radius 1 is 0.929 bits per heavy atom. The number of benzene rings is 3. The van der Waals surface area contributed by atoms with Gasteiger partial charge in [0.25, 0.3) is 5.91 Å². The van der Waals surface area contributed by atoms with Gasteiger partial charge in [-0.3, -0.25) is 4.79 Å². The number of amides is 1. The van der Waals surface area contributed by atoms with E-state index in [1.807, 2.05) is 0 Å². The fourth-order valence-electron chi connectivity index (χ4n) is 2.27. The summed E-state index contributed by atoms with van der Waals surface area (Å²) in [5.41, 5.74) is 3.83. The number of hydrogen-bond acceptors (Lipinski definition) is 4. The smallest absolute Gasteiger partial charge is 0.345 e. The van der Waals surface area contributed by atoms with Crippen molar-refractivity contribution in [2.45, 2.75) is 0 Å². The Morgan fingerprint density at radius 2 is 1.68 bits per heavy atom. The average molecular weight is 413 g/mol. The quantitative estimate of drug-likeness (QED) is 0.278. The van der Waals surface area contributed by atoms with E-state index in [-0.39, 0.29) is 5.91 Å². The molecule has 5 nitrogen and oxygen atoms in total. The summed E-state index contributed by atoms with van der Waals surface area (Å²) in [7, 11) is 0. The minimum Gasteiger partial charge on any atom is -0.423 e. The molecule has 0 saturated heterocycles. The zero-order valence-electron chi connectivity index (χ0n) is 14.4. The first kappa shape index (κ1) is 19.6. The number of hydrogen-bond donors (Lipinski definition) is 1. The summed E-state index contributed by atoms with van der Waals surface area (Å²) in [5, 5.41) is 4.70. The van der Waals surface area contributed by atoms with Crippen molar-refractivity contribution in [3.05, 3.63) is 99.5 Å². The van der Waals surface area contributed by atoms with Crippen LogP contribution in [0, 0.1) is 0 Å². The highest BCUT2D eigenvalue weighted by molar-refractivity contribution is 6.33. The Balaban J connectivity index is 1.58. The van der Waals surface area contributed by atoms with E-state index in [9.17, 15) is 9.59 Å². The lowest BCUT2D eigenvalue weighted by molar-refractivity contribution is 0.0734. The van der Waals surface area contributed by atoms with Crippen molar-refractivity contribution in [3.8, 4) is 5.75 Å². The van der Waals surface area contributed by atoms with E-state index in [1.165, 1.54) is 6.21 Å². The standard InChI is InChI=1S/C21H14Cl2N2O3/c22-16-5-3-4-15(12-16)20(26)25-24-13-14-8-10-17(11-9-14)28-21(27)18-6-1-2-7-19(18)23/h1-13H,(H,25,26). The largest absolute Gasteiger partial charge is 0.423 e. The van der Waals surface area contributed by atoms with Crippen LogP contribution in [-0.4, -0.2) is 18.1 Å². The lowest BCUT2D eigenvalue weighted by Gasteiger charge is -2.06. The molecule has 3 aromatic rings. The third-order valence-electron chi connectivity index (χ3n) is 3.65. The first-order valence-electron chi connectivity index (χ1n) is 8.19. The van der Waals surface area contributed by atoms with Crippen LogP contribution in [0.1, 0.15) is 26.3 Å². The van der Waals surface area contributed by atoms with Gasteiger partial charge in [-0.15, -0.1) is 0 Å². The Labute approximate surface area is 171 Å². The second kappa shape index (κ2) is 9.17. The zero-order chi connectivity index (χ0) is 19.9. The summed E-state index contributed by atoms with van der Waals surface area (Å²) >= 11 is 11.8. The Bertz CT molecular complexity index is 1030. The lowest BCUT2D eigenvalue weighted by atomic mass is 10.2. The maximum Gasteiger partial charge on any atom is 0.345 e. The molecule has 0 spiro atoms. The summed E-state index contributed by atoms with van der Waals surface area (Å²) in [6.07, 6.45) is 1.47. The van der Waals surface area contributed by atoms with Crippen molar-refractivity contribution in [1.82, 2.24) is 5.43 Å². The van der Waals surface area contributed by atoms with Gasteiger partial charge in [-0.25, -0.2) is 10.2 Å². The van der Waals surface area contributed by atoms with E-state index >= 15 is 0 Å². The molecule has 3 rings (SSSR count). The molecule has 0 aliphatic carbocycles. The molecule has 0 aliphatic rings. The molecular weight excluding hydrogens is 399 g/mol. The van der Waals surface area contributed by atoms with Crippen molar-refractivity contribution < 1.29 is 14.3 Å². The van der Waals surface area contributed by atoms with Crippen molar-refractivity contribution in [1.29, 1.82) is 0 Å². The molecule has 0 aliphatic heterocycles. The van der Waals surface area contributed by atoms with Gasteiger partial charge in [0, 0.05) is 10.6 Å². The molecule has 0 bridgehead atoms.